The SMILES string of the molecule is CN=C(NCC1CCCN1C)NCC(OC)C(C)(C)C.I. The zero-order chi connectivity index (χ0) is 15.2. The van der Waals surface area contributed by atoms with Crippen molar-refractivity contribution in [2.75, 3.05) is 40.8 Å². The fraction of sp³-hybridized carbons (Fsp3) is 0.933. The van der Waals surface area contributed by atoms with Crippen LogP contribution in [0.1, 0.15) is 33.6 Å². The fourth-order valence-corrected chi connectivity index (χ4v) is 2.60. The Balaban J connectivity index is 0.00000400. The second-order valence-corrected chi connectivity index (χ2v) is 6.70. The van der Waals surface area contributed by atoms with Gasteiger partial charge in [-0.05, 0) is 31.8 Å². The molecule has 0 spiro atoms. The van der Waals surface area contributed by atoms with E-state index in [1.54, 1.807) is 7.11 Å². The van der Waals surface area contributed by atoms with Gasteiger partial charge in [0, 0.05) is 33.3 Å². The summed E-state index contributed by atoms with van der Waals surface area (Å²) in [5.74, 6) is 0.858. The van der Waals surface area contributed by atoms with Crippen molar-refractivity contribution >= 4 is 29.9 Å². The number of likely N-dealkylation sites (tertiary alicyclic amines) is 1. The van der Waals surface area contributed by atoms with Crippen LogP contribution in [-0.2, 0) is 4.74 Å². The molecule has 6 heteroatoms. The Morgan fingerprint density at radius 2 is 2.05 bits per heavy atom. The quantitative estimate of drug-likeness (QED) is 0.412. The van der Waals surface area contributed by atoms with Crippen molar-refractivity contribution in [3.63, 3.8) is 0 Å². The largest absolute Gasteiger partial charge is 0.379 e. The number of hydrogen-bond acceptors (Lipinski definition) is 3. The molecule has 126 valence electrons. The highest BCUT2D eigenvalue weighted by molar-refractivity contribution is 14.0. The molecule has 0 saturated carbocycles. The molecule has 2 N–H and O–H groups in total. The van der Waals surface area contributed by atoms with Crippen molar-refractivity contribution in [1.82, 2.24) is 15.5 Å². The Morgan fingerprint density at radius 1 is 1.38 bits per heavy atom. The molecule has 0 aromatic heterocycles. The first kappa shape index (κ1) is 20.9. The number of ether oxygens (including phenoxy) is 1. The van der Waals surface area contributed by atoms with Crippen LogP contribution < -0.4 is 10.6 Å². The fourth-order valence-electron chi connectivity index (χ4n) is 2.60. The first-order valence-corrected chi connectivity index (χ1v) is 7.56. The summed E-state index contributed by atoms with van der Waals surface area (Å²) in [4.78, 5) is 6.69. The maximum Gasteiger partial charge on any atom is 0.191 e. The van der Waals surface area contributed by atoms with Gasteiger partial charge in [0.2, 0.25) is 0 Å². The van der Waals surface area contributed by atoms with E-state index < -0.39 is 0 Å². The average molecular weight is 412 g/mol. The number of nitrogens with one attached hydrogen (secondary N) is 2. The molecule has 1 aliphatic heterocycles. The molecule has 1 saturated heterocycles. The molecule has 2 unspecified atom stereocenters. The maximum absolute atomic E-state index is 5.55. The summed E-state index contributed by atoms with van der Waals surface area (Å²) in [6.45, 7) is 9.48. The van der Waals surface area contributed by atoms with Gasteiger partial charge in [-0.3, -0.25) is 4.99 Å². The number of rotatable bonds is 5. The molecule has 0 amide bonds. The smallest absolute Gasteiger partial charge is 0.191 e. The lowest BCUT2D eigenvalue weighted by atomic mass is 9.89. The van der Waals surface area contributed by atoms with Crippen molar-refractivity contribution in [2.24, 2.45) is 10.4 Å². The number of likely N-dealkylation sites (N-methyl/N-ethyl adjacent to an activating group) is 1. The van der Waals surface area contributed by atoms with E-state index in [9.17, 15) is 0 Å². The second kappa shape index (κ2) is 9.84. The molecule has 0 bridgehead atoms. The minimum atomic E-state index is 0. The first-order chi connectivity index (χ1) is 9.38. The number of halogens is 1. The van der Waals surface area contributed by atoms with Gasteiger partial charge in [-0.15, -0.1) is 24.0 Å². The zero-order valence-corrected chi connectivity index (χ0v) is 16.7. The van der Waals surface area contributed by atoms with Gasteiger partial charge in [0.25, 0.3) is 0 Å². The Labute approximate surface area is 147 Å². The lowest BCUT2D eigenvalue weighted by Crippen LogP contribution is -2.48. The van der Waals surface area contributed by atoms with Crippen molar-refractivity contribution in [3.05, 3.63) is 0 Å². The summed E-state index contributed by atoms with van der Waals surface area (Å²) >= 11 is 0. The van der Waals surface area contributed by atoms with Gasteiger partial charge in [0.15, 0.2) is 5.96 Å². The number of guanidine groups is 1. The van der Waals surface area contributed by atoms with Gasteiger partial charge in [-0.25, -0.2) is 0 Å². The average Bonchev–Trinajstić information content (AvgIpc) is 2.78. The van der Waals surface area contributed by atoms with Crippen LogP contribution in [-0.4, -0.2) is 63.8 Å². The predicted octanol–water partition coefficient (Wildman–Crippen LogP) is 1.92. The Morgan fingerprint density at radius 3 is 2.48 bits per heavy atom. The number of hydrogen-bond donors (Lipinski definition) is 2. The summed E-state index contributed by atoms with van der Waals surface area (Å²) in [5, 5.41) is 6.78. The third-order valence-corrected chi connectivity index (χ3v) is 4.11. The standard InChI is InChI=1S/C15H32N4O.HI/c1-15(2,3)13(20-6)11-18-14(16-4)17-10-12-8-7-9-19(12)5;/h12-13H,7-11H2,1-6H3,(H2,16,17,18);1H. The molecule has 5 nitrogen and oxygen atoms in total. The molecule has 1 fully saturated rings. The summed E-state index contributed by atoms with van der Waals surface area (Å²) in [7, 11) is 5.77. The van der Waals surface area contributed by atoms with Crippen molar-refractivity contribution < 1.29 is 4.74 Å². The van der Waals surface area contributed by atoms with Gasteiger partial charge in [-0.2, -0.15) is 0 Å². The number of nitrogens with zero attached hydrogens (tertiary/aromatic N) is 2. The number of aliphatic imine (C=N–C) groups is 1. The van der Waals surface area contributed by atoms with Crippen LogP contribution in [0.3, 0.4) is 0 Å². The molecule has 0 aromatic carbocycles. The second-order valence-electron chi connectivity index (χ2n) is 6.70. The monoisotopic (exact) mass is 412 g/mol. The van der Waals surface area contributed by atoms with E-state index in [1.807, 2.05) is 7.05 Å². The highest BCUT2D eigenvalue weighted by Crippen LogP contribution is 2.20. The minimum absolute atomic E-state index is 0. The Bertz CT molecular complexity index is 317. The van der Waals surface area contributed by atoms with E-state index in [0.717, 1.165) is 19.0 Å². The van der Waals surface area contributed by atoms with Crippen LogP contribution in [0.4, 0.5) is 0 Å². The lowest BCUT2D eigenvalue weighted by Gasteiger charge is -2.30. The molecule has 0 aliphatic carbocycles. The molecule has 0 radical (unpaired) electrons. The van der Waals surface area contributed by atoms with Gasteiger partial charge in [0.1, 0.15) is 0 Å². The van der Waals surface area contributed by atoms with Gasteiger partial charge in [-0.1, -0.05) is 20.8 Å². The zero-order valence-electron chi connectivity index (χ0n) is 14.4. The van der Waals surface area contributed by atoms with Crippen LogP contribution in [0.25, 0.3) is 0 Å². The van der Waals surface area contributed by atoms with Crippen LogP contribution in [0.2, 0.25) is 0 Å². The van der Waals surface area contributed by atoms with Crippen LogP contribution in [0.5, 0.6) is 0 Å². The molecule has 1 rings (SSSR count). The topological polar surface area (TPSA) is 48.9 Å². The van der Waals surface area contributed by atoms with E-state index in [-0.39, 0.29) is 35.5 Å². The van der Waals surface area contributed by atoms with E-state index in [0.29, 0.717) is 6.04 Å². The minimum Gasteiger partial charge on any atom is -0.379 e. The maximum atomic E-state index is 5.55. The van der Waals surface area contributed by atoms with Gasteiger partial charge >= 0.3 is 0 Å². The van der Waals surface area contributed by atoms with Crippen LogP contribution >= 0.6 is 24.0 Å². The highest BCUT2D eigenvalue weighted by Gasteiger charge is 2.25. The number of methoxy groups -OCH3 is 1. The van der Waals surface area contributed by atoms with Gasteiger partial charge < -0.3 is 20.3 Å². The predicted molar refractivity (Wildman–Crippen MR) is 101 cm³/mol. The summed E-state index contributed by atoms with van der Waals surface area (Å²) in [6, 6.07) is 0.620. The third kappa shape index (κ3) is 7.15. The Hall–Kier alpha value is -0.0800. The van der Waals surface area contributed by atoms with Crippen LogP contribution in [0, 0.1) is 5.41 Å². The first-order valence-electron chi connectivity index (χ1n) is 7.56. The van der Waals surface area contributed by atoms with Crippen LogP contribution in [0.15, 0.2) is 4.99 Å². The van der Waals surface area contributed by atoms with Crippen molar-refractivity contribution in [1.29, 1.82) is 0 Å². The molecular formula is C15H33IN4O. The summed E-state index contributed by atoms with van der Waals surface area (Å²) < 4.78 is 5.55. The van der Waals surface area contributed by atoms with E-state index in [1.165, 1.54) is 19.4 Å². The third-order valence-electron chi connectivity index (χ3n) is 4.11. The summed E-state index contributed by atoms with van der Waals surface area (Å²) in [5.41, 5.74) is 0.117. The molecular weight excluding hydrogens is 379 g/mol. The van der Waals surface area contributed by atoms with Crippen molar-refractivity contribution in [3.8, 4) is 0 Å². The Kier molecular flexibility index (Phi) is 9.80. The highest BCUT2D eigenvalue weighted by atomic mass is 127. The van der Waals surface area contributed by atoms with E-state index >= 15 is 0 Å². The molecule has 1 heterocycles. The molecule has 0 aromatic rings. The molecule has 2 atom stereocenters. The summed E-state index contributed by atoms with van der Waals surface area (Å²) in [6.07, 6.45) is 2.73. The van der Waals surface area contributed by atoms with E-state index in [2.05, 4.69) is 48.3 Å². The normalized spacial score (nSPS) is 21.8. The van der Waals surface area contributed by atoms with E-state index in [4.69, 9.17) is 4.74 Å². The van der Waals surface area contributed by atoms with Crippen molar-refractivity contribution in [2.45, 2.75) is 45.8 Å². The molecule has 1 aliphatic rings. The van der Waals surface area contributed by atoms with Gasteiger partial charge in [0.05, 0.1) is 6.10 Å². The molecule has 21 heavy (non-hydrogen) atoms. The lowest BCUT2D eigenvalue weighted by molar-refractivity contribution is 0.0205.